The molecule has 7 heteroatoms. The van der Waals surface area contributed by atoms with Gasteiger partial charge in [-0.15, -0.1) is 0 Å². The average molecular weight is 350 g/mol. The normalized spacial score (nSPS) is 10.0. The van der Waals surface area contributed by atoms with Crippen molar-refractivity contribution in [3.05, 3.63) is 51.9 Å². The molecule has 0 radical (unpaired) electrons. The van der Waals surface area contributed by atoms with Crippen molar-refractivity contribution in [2.24, 2.45) is 0 Å². The lowest BCUT2D eigenvalue weighted by molar-refractivity contribution is 0.0600. The maximum Gasteiger partial charge on any atom is 0.337 e. The molecule has 6 nitrogen and oxygen atoms in total. The Bertz CT molecular complexity index is 686. The molecule has 1 amide bonds. The van der Waals surface area contributed by atoms with Gasteiger partial charge < -0.3 is 10.1 Å². The number of nitrogens with zero attached hydrogens (tertiary/aromatic N) is 2. The van der Waals surface area contributed by atoms with Crippen LogP contribution < -0.4 is 5.32 Å². The van der Waals surface area contributed by atoms with Crippen LogP contribution in [0.1, 0.15) is 26.4 Å². The molecule has 0 unspecified atom stereocenters. The first-order valence-corrected chi connectivity index (χ1v) is 6.79. The number of hydrogen-bond acceptors (Lipinski definition) is 5. The zero-order valence-electron chi connectivity index (χ0n) is 11.4. The number of ether oxygens (including phenoxy) is 1. The molecule has 1 aromatic carbocycles. The summed E-state index contributed by atoms with van der Waals surface area (Å²) in [7, 11) is 1.30. The predicted molar refractivity (Wildman–Crippen MR) is 80.2 cm³/mol. The number of halogens is 1. The lowest BCUT2D eigenvalue weighted by atomic mass is 10.1. The standard InChI is InChI=1S/C14H12BrN3O3/c1-8-12(15)16-7-11(17-8)18-13(19)9-3-5-10(6-4-9)14(20)21-2/h3-7H,1-2H3,(H,17,18,19). The molecule has 2 aromatic rings. The van der Waals surface area contributed by atoms with E-state index in [0.29, 0.717) is 27.2 Å². The summed E-state index contributed by atoms with van der Waals surface area (Å²) in [5.41, 5.74) is 1.46. The van der Waals surface area contributed by atoms with Gasteiger partial charge in [0.05, 0.1) is 24.6 Å². The number of aromatic nitrogens is 2. The number of anilines is 1. The Hall–Kier alpha value is -2.28. The van der Waals surface area contributed by atoms with Crippen molar-refractivity contribution in [1.82, 2.24) is 9.97 Å². The second-order valence-electron chi connectivity index (χ2n) is 4.15. The van der Waals surface area contributed by atoms with Crippen LogP contribution in [0, 0.1) is 6.92 Å². The number of amides is 1. The van der Waals surface area contributed by atoms with E-state index in [9.17, 15) is 9.59 Å². The number of rotatable bonds is 3. The highest BCUT2D eigenvalue weighted by molar-refractivity contribution is 9.10. The molecule has 108 valence electrons. The lowest BCUT2D eigenvalue weighted by Crippen LogP contribution is -2.14. The smallest absolute Gasteiger partial charge is 0.337 e. The summed E-state index contributed by atoms with van der Waals surface area (Å²) in [5, 5.41) is 2.64. The quantitative estimate of drug-likeness (QED) is 0.861. The van der Waals surface area contributed by atoms with Crippen molar-refractivity contribution < 1.29 is 14.3 Å². The summed E-state index contributed by atoms with van der Waals surface area (Å²) in [6.07, 6.45) is 1.46. The van der Waals surface area contributed by atoms with E-state index in [1.807, 2.05) is 0 Å². The molecule has 0 aliphatic heterocycles. The maximum atomic E-state index is 12.1. The number of carbonyl (C=O) groups is 2. The van der Waals surface area contributed by atoms with Gasteiger partial charge in [0.1, 0.15) is 4.60 Å². The van der Waals surface area contributed by atoms with Gasteiger partial charge in [-0.1, -0.05) is 0 Å². The molecule has 1 N–H and O–H groups in total. The van der Waals surface area contributed by atoms with Gasteiger partial charge in [0.25, 0.3) is 5.91 Å². The van der Waals surface area contributed by atoms with Crippen LogP contribution in [-0.2, 0) is 4.74 Å². The fraction of sp³-hybridized carbons (Fsp3) is 0.143. The molecule has 2 rings (SSSR count). The molecule has 0 atom stereocenters. The summed E-state index contributed by atoms with van der Waals surface area (Å²) in [6.45, 7) is 1.78. The molecule has 1 aromatic heterocycles. The molecule has 0 bridgehead atoms. The van der Waals surface area contributed by atoms with Crippen molar-refractivity contribution >= 4 is 33.6 Å². The highest BCUT2D eigenvalue weighted by Gasteiger charge is 2.10. The fourth-order valence-electron chi connectivity index (χ4n) is 1.59. The van der Waals surface area contributed by atoms with Gasteiger partial charge in [0.2, 0.25) is 0 Å². The van der Waals surface area contributed by atoms with Gasteiger partial charge in [-0.05, 0) is 47.1 Å². The summed E-state index contributed by atoms with van der Waals surface area (Å²) in [4.78, 5) is 31.6. The minimum absolute atomic E-state index is 0.331. The Labute approximate surface area is 129 Å². The number of esters is 1. The van der Waals surface area contributed by atoms with Crippen molar-refractivity contribution in [2.45, 2.75) is 6.92 Å². The third kappa shape index (κ3) is 3.63. The highest BCUT2D eigenvalue weighted by atomic mass is 79.9. The number of nitrogens with one attached hydrogen (secondary N) is 1. The second kappa shape index (κ2) is 6.45. The molecule has 0 fully saturated rings. The number of hydrogen-bond donors (Lipinski definition) is 1. The molecular formula is C14H12BrN3O3. The van der Waals surface area contributed by atoms with Crippen LogP contribution in [0.5, 0.6) is 0 Å². The highest BCUT2D eigenvalue weighted by Crippen LogP contribution is 2.13. The Kier molecular flexibility index (Phi) is 4.64. The summed E-state index contributed by atoms with van der Waals surface area (Å²) < 4.78 is 5.22. The van der Waals surface area contributed by atoms with E-state index < -0.39 is 5.97 Å². The summed E-state index contributed by atoms with van der Waals surface area (Å²) >= 11 is 3.24. The van der Waals surface area contributed by atoms with E-state index in [1.54, 1.807) is 19.1 Å². The van der Waals surface area contributed by atoms with Crippen LogP contribution in [0.15, 0.2) is 35.1 Å². The predicted octanol–water partition coefficient (Wildman–Crippen LogP) is 2.59. The number of carbonyl (C=O) groups excluding carboxylic acids is 2. The zero-order chi connectivity index (χ0) is 15.4. The van der Waals surface area contributed by atoms with Gasteiger partial charge in [-0.25, -0.2) is 14.8 Å². The Morgan fingerprint density at radius 2 is 1.81 bits per heavy atom. The largest absolute Gasteiger partial charge is 0.465 e. The van der Waals surface area contributed by atoms with Crippen molar-refractivity contribution in [2.75, 3.05) is 12.4 Å². The van der Waals surface area contributed by atoms with Crippen LogP contribution in [0.2, 0.25) is 0 Å². The molecule has 21 heavy (non-hydrogen) atoms. The van der Waals surface area contributed by atoms with E-state index in [4.69, 9.17) is 0 Å². The third-order valence-corrected chi connectivity index (χ3v) is 3.48. The van der Waals surface area contributed by atoms with Gasteiger partial charge in [-0.3, -0.25) is 4.79 Å². The van der Waals surface area contributed by atoms with Crippen LogP contribution in [-0.4, -0.2) is 29.0 Å². The lowest BCUT2D eigenvalue weighted by Gasteiger charge is -2.06. The maximum absolute atomic E-state index is 12.1. The molecule has 0 spiro atoms. The number of benzene rings is 1. The topological polar surface area (TPSA) is 81.2 Å². The minimum atomic E-state index is -0.448. The van der Waals surface area contributed by atoms with Crippen LogP contribution >= 0.6 is 15.9 Å². The Morgan fingerprint density at radius 1 is 1.19 bits per heavy atom. The van der Waals surface area contributed by atoms with Crippen molar-refractivity contribution in [3.63, 3.8) is 0 Å². The zero-order valence-corrected chi connectivity index (χ0v) is 13.0. The first-order chi connectivity index (χ1) is 10.0. The molecule has 0 saturated carbocycles. The first kappa shape index (κ1) is 15.1. The Balaban J connectivity index is 2.13. The van der Waals surface area contributed by atoms with E-state index in [-0.39, 0.29) is 5.91 Å². The third-order valence-electron chi connectivity index (χ3n) is 2.70. The van der Waals surface area contributed by atoms with Crippen molar-refractivity contribution in [3.8, 4) is 0 Å². The second-order valence-corrected chi connectivity index (χ2v) is 4.91. The minimum Gasteiger partial charge on any atom is -0.465 e. The fourth-order valence-corrected chi connectivity index (χ4v) is 1.78. The van der Waals surface area contributed by atoms with E-state index >= 15 is 0 Å². The summed E-state index contributed by atoms with van der Waals surface area (Å²) in [6, 6.07) is 6.14. The molecule has 0 aliphatic rings. The van der Waals surface area contributed by atoms with Crippen LogP contribution in [0.4, 0.5) is 5.82 Å². The molecule has 0 saturated heterocycles. The SMILES string of the molecule is COC(=O)c1ccc(C(=O)Nc2cnc(Br)c(C)n2)cc1. The Morgan fingerprint density at radius 3 is 2.38 bits per heavy atom. The molecular weight excluding hydrogens is 338 g/mol. The van der Waals surface area contributed by atoms with E-state index in [1.165, 1.54) is 25.4 Å². The van der Waals surface area contributed by atoms with Gasteiger partial charge >= 0.3 is 5.97 Å². The summed E-state index contributed by atoms with van der Waals surface area (Å²) in [5.74, 6) is -0.420. The van der Waals surface area contributed by atoms with Gasteiger partial charge in [0, 0.05) is 5.56 Å². The average Bonchev–Trinajstić information content (AvgIpc) is 2.50. The van der Waals surface area contributed by atoms with Crippen LogP contribution in [0.25, 0.3) is 0 Å². The van der Waals surface area contributed by atoms with Crippen LogP contribution in [0.3, 0.4) is 0 Å². The van der Waals surface area contributed by atoms with Gasteiger partial charge in [0.15, 0.2) is 5.82 Å². The van der Waals surface area contributed by atoms with E-state index in [0.717, 1.165) is 0 Å². The van der Waals surface area contributed by atoms with Crippen molar-refractivity contribution in [1.29, 1.82) is 0 Å². The van der Waals surface area contributed by atoms with Gasteiger partial charge in [-0.2, -0.15) is 0 Å². The molecule has 0 aliphatic carbocycles. The first-order valence-electron chi connectivity index (χ1n) is 6.00. The monoisotopic (exact) mass is 349 g/mol. The van der Waals surface area contributed by atoms with E-state index in [2.05, 4.69) is 36.0 Å². The number of aryl methyl sites for hydroxylation is 1. The number of methoxy groups -OCH3 is 1. The molecule has 1 heterocycles.